The Balaban J connectivity index is 1.44. The average molecular weight is 296 g/mol. The molecule has 0 aromatic carbocycles. The zero-order chi connectivity index (χ0) is 14.9. The van der Waals surface area contributed by atoms with E-state index < -0.39 is 0 Å². The SMILES string of the molecule is NC1CCC(OCCCNC(=O)CC2CCCCC2)CC1. The minimum absolute atomic E-state index is 0.227. The normalized spacial score (nSPS) is 27.5. The Kier molecular flexibility index (Phi) is 7.51. The number of carbonyl (C=O) groups excluding carboxylic acids is 1. The molecule has 3 N–H and O–H groups in total. The molecule has 0 saturated heterocycles. The highest BCUT2D eigenvalue weighted by Crippen LogP contribution is 2.26. The van der Waals surface area contributed by atoms with Crippen LogP contribution in [0.2, 0.25) is 0 Å². The van der Waals surface area contributed by atoms with Gasteiger partial charge in [-0.15, -0.1) is 0 Å². The van der Waals surface area contributed by atoms with Gasteiger partial charge in [0.1, 0.15) is 0 Å². The third kappa shape index (κ3) is 6.79. The average Bonchev–Trinajstić information content (AvgIpc) is 2.50. The van der Waals surface area contributed by atoms with Crippen molar-refractivity contribution in [2.45, 2.75) is 82.8 Å². The summed E-state index contributed by atoms with van der Waals surface area (Å²) < 4.78 is 5.86. The van der Waals surface area contributed by atoms with Crippen LogP contribution in [-0.2, 0) is 9.53 Å². The highest BCUT2D eigenvalue weighted by molar-refractivity contribution is 5.76. The van der Waals surface area contributed by atoms with Crippen LogP contribution >= 0.6 is 0 Å². The molecular weight excluding hydrogens is 264 g/mol. The quantitative estimate of drug-likeness (QED) is 0.710. The number of hydrogen-bond acceptors (Lipinski definition) is 3. The minimum atomic E-state index is 0.227. The maximum atomic E-state index is 11.8. The van der Waals surface area contributed by atoms with Crippen molar-refractivity contribution in [3.8, 4) is 0 Å². The number of hydrogen-bond donors (Lipinski definition) is 2. The second-order valence-electron chi connectivity index (χ2n) is 6.82. The van der Waals surface area contributed by atoms with Crippen LogP contribution in [0.5, 0.6) is 0 Å². The number of rotatable bonds is 7. The van der Waals surface area contributed by atoms with Gasteiger partial charge in [-0.3, -0.25) is 4.79 Å². The lowest BCUT2D eigenvalue weighted by molar-refractivity contribution is -0.122. The molecule has 0 aliphatic heterocycles. The predicted octanol–water partition coefficient (Wildman–Crippen LogP) is 2.75. The van der Waals surface area contributed by atoms with Gasteiger partial charge in [0.2, 0.25) is 5.91 Å². The molecule has 2 rings (SSSR count). The fourth-order valence-corrected chi connectivity index (χ4v) is 3.53. The lowest BCUT2D eigenvalue weighted by Crippen LogP contribution is -2.31. The molecule has 122 valence electrons. The first-order chi connectivity index (χ1) is 10.2. The smallest absolute Gasteiger partial charge is 0.220 e. The van der Waals surface area contributed by atoms with Crippen molar-refractivity contribution < 1.29 is 9.53 Å². The van der Waals surface area contributed by atoms with Crippen molar-refractivity contribution in [2.75, 3.05) is 13.2 Å². The van der Waals surface area contributed by atoms with E-state index in [0.29, 0.717) is 18.1 Å². The molecule has 0 unspecified atom stereocenters. The molecule has 0 bridgehead atoms. The first-order valence-corrected chi connectivity index (χ1v) is 8.88. The molecule has 2 aliphatic carbocycles. The molecule has 0 atom stereocenters. The number of amides is 1. The highest BCUT2D eigenvalue weighted by Gasteiger charge is 2.19. The molecular formula is C17H32N2O2. The maximum absolute atomic E-state index is 11.8. The summed E-state index contributed by atoms with van der Waals surface area (Å²) in [6, 6.07) is 0.379. The molecule has 0 aromatic heterocycles. The van der Waals surface area contributed by atoms with Crippen molar-refractivity contribution in [2.24, 2.45) is 11.7 Å². The summed E-state index contributed by atoms with van der Waals surface area (Å²) in [6.07, 6.45) is 12.8. The monoisotopic (exact) mass is 296 g/mol. The minimum Gasteiger partial charge on any atom is -0.378 e. The summed E-state index contributed by atoms with van der Waals surface area (Å²) in [5.41, 5.74) is 5.88. The van der Waals surface area contributed by atoms with E-state index in [1.54, 1.807) is 0 Å². The summed E-state index contributed by atoms with van der Waals surface area (Å²) in [5.74, 6) is 0.854. The summed E-state index contributed by atoms with van der Waals surface area (Å²) in [6.45, 7) is 1.50. The van der Waals surface area contributed by atoms with Gasteiger partial charge in [0.05, 0.1) is 6.10 Å². The third-order valence-corrected chi connectivity index (χ3v) is 4.91. The van der Waals surface area contributed by atoms with E-state index in [1.807, 2.05) is 0 Å². The van der Waals surface area contributed by atoms with E-state index in [-0.39, 0.29) is 5.91 Å². The lowest BCUT2D eigenvalue weighted by atomic mass is 9.87. The molecule has 0 radical (unpaired) electrons. The van der Waals surface area contributed by atoms with E-state index in [1.165, 1.54) is 32.1 Å². The largest absolute Gasteiger partial charge is 0.378 e. The number of nitrogens with one attached hydrogen (secondary N) is 1. The molecule has 2 aliphatic rings. The van der Waals surface area contributed by atoms with Crippen LogP contribution in [0.3, 0.4) is 0 Å². The summed E-state index contributed by atoms with van der Waals surface area (Å²) >= 11 is 0. The van der Waals surface area contributed by atoms with E-state index in [2.05, 4.69) is 5.32 Å². The van der Waals surface area contributed by atoms with Crippen molar-refractivity contribution in [3.05, 3.63) is 0 Å². The standard InChI is InChI=1S/C17H32N2O2/c18-15-7-9-16(10-8-15)21-12-4-11-19-17(20)13-14-5-2-1-3-6-14/h14-16H,1-13,18H2,(H,19,20). The van der Waals surface area contributed by atoms with Crippen LogP contribution in [0.15, 0.2) is 0 Å². The first-order valence-electron chi connectivity index (χ1n) is 8.88. The highest BCUT2D eigenvalue weighted by atomic mass is 16.5. The van der Waals surface area contributed by atoms with Crippen molar-refractivity contribution in [1.29, 1.82) is 0 Å². The Morgan fingerprint density at radius 2 is 1.76 bits per heavy atom. The fourth-order valence-electron chi connectivity index (χ4n) is 3.53. The predicted molar refractivity (Wildman–Crippen MR) is 85.0 cm³/mol. The van der Waals surface area contributed by atoms with Crippen LogP contribution in [0.1, 0.15) is 70.6 Å². The van der Waals surface area contributed by atoms with Crippen molar-refractivity contribution in [3.63, 3.8) is 0 Å². The summed E-state index contributed by atoms with van der Waals surface area (Å²) in [7, 11) is 0. The van der Waals surface area contributed by atoms with Gasteiger partial charge in [-0.05, 0) is 50.9 Å². The Morgan fingerprint density at radius 3 is 2.48 bits per heavy atom. The van der Waals surface area contributed by atoms with Gasteiger partial charge in [0.15, 0.2) is 0 Å². The van der Waals surface area contributed by atoms with Gasteiger partial charge in [-0.2, -0.15) is 0 Å². The van der Waals surface area contributed by atoms with Crippen molar-refractivity contribution >= 4 is 5.91 Å². The Hall–Kier alpha value is -0.610. The van der Waals surface area contributed by atoms with Gasteiger partial charge < -0.3 is 15.8 Å². The number of carbonyl (C=O) groups is 1. The number of nitrogens with two attached hydrogens (primary N) is 1. The Bertz CT molecular complexity index is 295. The van der Waals surface area contributed by atoms with Gasteiger partial charge in [0.25, 0.3) is 0 Å². The van der Waals surface area contributed by atoms with E-state index >= 15 is 0 Å². The zero-order valence-corrected chi connectivity index (χ0v) is 13.3. The maximum Gasteiger partial charge on any atom is 0.220 e. The van der Waals surface area contributed by atoms with Gasteiger partial charge in [-0.25, -0.2) is 0 Å². The van der Waals surface area contributed by atoms with Gasteiger partial charge >= 0.3 is 0 Å². The van der Waals surface area contributed by atoms with Crippen LogP contribution < -0.4 is 11.1 Å². The zero-order valence-electron chi connectivity index (χ0n) is 13.3. The second kappa shape index (κ2) is 9.42. The molecule has 1 amide bonds. The third-order valence-electron chi connectivity index (χ3n) is 4.91. The summed E-state index contributed by atoms with van der Waals surface area (Å²) in [4.78, 5) is 11.8. The molecule has 21 heavy (non-hydrogen) atoms. The molecule has 2 fully saturated rings. The van der Waals surface area contributed by atoms with E-state index in [0.717, 1.165) is 51.7 Å². The van der Waals surface area contributed by atoms with Crippen LogP contribution in [0.25, 0.3) is 0 Å². The first kappa shape index (κ1) is 16.8. The topological polar surface area (TPSA) is 64.3 Å². The van der Waals surface area contributed by atoms with Crippen LogP contribution in [0.4, 0.5) is 0 Å². The summed E-state index contributed by atoms with van der Waals surface area (Å²) in [5, 5.41) is 3.04. The molecule has 0 spiro atoms. The molecule has 0 aromatic rings. The Morgan fingerprint density at radius 1 is 1.05 bits per heavy atom. The molecule has 4 nitrogen and oxygen atoms in total. The molecule has 0 heterocycles. The molecule has 2 saturated carbocycles. The van der Waals surface area contributed by atoms with E-state index in [4.69, 9.17) is 10.5 Å². The van der Waals surface area contributed by atoms with Crippen LogP contribution in [-0.4, -0.2) is 31.2 Å². The fraction of sp³-hybridized carbons (Fsp3) is 0.941. The Labute approximate surface area is 129 Å². The number of ether oxygens (including phenoxy) is 1. The molecule has 4 heteroatoms. The van der Waals surface area contributed by atoms with E-state index in [9.17, 15) is 4.79 Å². The second-order valence-corrected chi connectivity index (χ2v) is 6.82. The lowest BCUT2D eigenvalue weighted by Gasteiger charge is -2.26. The van der Waals surface area contributed by atoms with Crippen molar-refractivity contribution in [1.82, 2.24) is 5.32 Å². The van der Waals surface area contributed by atoms with Gasteiger partial charge in [0, 0.05) is 25.6 Å². The van der Waals surface area contributed by atoms with Gasteiger partial charge in [-0.1, -0.05) is 19.3 Å². The van der Waals surface area contributed by atoms with Crippen LogP contribution in [0, 0.1) is 5.92 Å².